The molecule has 2 saturated heterocycles. The van der Waals surface area contributed by atoms with Crippen molar-refractivity contribution in [2.45, 2.75) is 50.0 Å². The van der Waals surface area contributed by atoms with Crippen molar-refractivity contribution < 1.29 is 9.59 Å². The van der Waals surface area contributed by atoms with Gasteiger partial charge < -0.3 is 14.2 Å². The molecule has 2 amide bonds. The first kappa shape index (κ1) is 20.5. The molecular formula is C27H30N4O2. The van der Waals surface area contributed by atoms with Gasteiger partial charge in [0.05, 0.1) is 5.69 Å². The highest BCUT2D eigenvalue weighted by Crippen LogP contribution is 2.42. The summed E-state index contributed by atoms with van der Waals surface area (Å²) in [6.07, 6.45) is 9.53. The number of aromatic nitrogens is 2. The second kappa shape index (κ2) is 8.01. The zero-order valence-electron chi connectivity index (χ0n) is 18.9. The average Bonchev–Trinajstić information content (AvgIpc) is 3.43. The van der Waals surface area contributed by atoms with Crippen molar-refractivity contribution in [1.29, 1.82) is 0 Å². The van der Waals surface area contributed by atoms with Crippen LogP contribution in [0.15, 0.2) is 60.9 Å². The SMILES string of the molecule is O=C([C@@H]1CCCN1C(=O)C1CC1)N1CCC(c2ccccc2)(c2cn3ccccc3n2)CC1. The van der Waals surface area contributed by atoms with Crippen molar-refractivity contribution in [3.8, 4) is 0 Å². The number of pyridine rings is 1. The van der Waals surface area contributed by atoms with E-state index in [0.717, 1.165) is 56.4 Å². The van der Waals surface area contributed by atoms with E-state index in [2.05, 4.69) is 34.9 Å². The molecule has 0 radical (unpaired) electrons. The number of nitrogens with zero attached hydrogens (tertiary/aromatic N) is 4. The van der Waals surface area contributed by atoms with E-state index in [1.807, 2.05) is 40.3 Å². The minimum Gasteiger partial charge on any atom is -0.341 e. The van der Waals surface area contributed by atoms with E-state index in [1.165, 1.54) is 5.56 Å². The summed E-state index contributed by atoms with van der Waals surface area (Å²) in [6.45, 7) is 2.10. The van der Waals surface area contributed by atoms with Crippen molar-refractivity contribution in [1.82, 2.24) is 19.2 Å². The molecule has 0 unspecified atom stereocenters. The van der Waals surface area contributed by atoms with E-state index < -0.39 is 0 Å². The number of carbonyl (C=O) groups is 2. The molecule has 2 aliphatic heterocycles. The number of benzene rings is 1. The van der Waals surface area contributed by atoms with Gasteiger partial charge in [0.25, 0.3) is 0 Å². The summed E-state index contributed by atoms with van der Waals surface area (Å²) in [6, 6.07) is 16.4. The smallest absolute Gasteiger partial charge is 0.245 e. The van der Waals surface area contributed by atoms with Crippen LogP contribution in [0.2, 0.25) is 0 Å². The van der Waals surface area contributed by atoms with Gasteiger partial charge in [0.2, 0.25) is 11.8 Å². The molecule has 4 heterocycles. The Morgan fingerprint density at radius 3 is 2.36 bits per heavy atom. The first-order valence-electron chi connectivity index (χ1n) is 12.2. The van der Waals surface area contributed by atoms with Crippen molar-refractivity contribution in [2.24, 2.45) is 5.92 Å². The predicted molar refractivity (Wildman–Crippen MR) is 126 cm³/mol. The van der Waals surface area contributed by atoms with Gasteiger partial charge in [0.1, 0.15) is 11.7 Å². The van der Waals surface area contributed by atoms with Crippen LogP contribution in [0, 0.1) is 5.92 Å². The minimum absolute atomic E-state index is 0.137. The quantitative estimate of drug-likeness (QED) is 0.620. The Kier molecular flexibility index (Phi) is 4.97. The number of fused-ring (bicyclic) bond motifs is 1. The van der Waals surface area contributed by atoms with Crippen LogP contribution in [0.4, 0.5) is 0 Å². The largest absolute Gasteiger partial charge is 0.341 e. The second-order valence-electron chi connectivity index (χ2n) is 9.83. The first-order valence-corrected chi connectivity index (χ1v) is 12.2. The molecule has 6 rings (SSSR count). The monoisotopic (exact) mass is 442 g/mol. The zero-order valence-corrected chi connectivity index (χ0v) is 18.9. The van der Waals surface area contributed by atoms with Crippen LogP contribution >= 0.6 is 0 Å². The van der Waals surface area contributed by atoms with E-state index in [4.69, 9.17) is 4.98 Å². The van der Waals surface area contributed by atoms with Crippen molar-refractivity contribution in [3.05, 3.63) is 72.2 Å². The molecular weight excluding hydrogens is 412 g/mol. The molecule has 0 bridgehead atoms. The first-order chi connectivity index (χ1) is 16.2. The van der Waals surface area contributed by atoms with Gasteiger partial charge >= 0.3 is 0 Å². The number of hydrogen-bond acceptors (Lipinski definition) is 3. The lowest BCUT2D eigenvalue weighted by Gasteiger charge is -2.42. The third-order valence-electron chi connectivity index (χ3n) is 7.86. The van der Waals surface area contributed by atoms with E-state index >= 15 is 0 Å². The van der Waals surface area contributed by atoms with Crippen LogP contribution < -0.4 is 0 Å². The molecule has 3 fully saturated rings. The van der Waals surface area contributed by atoms with Crippen molar-refractivity contribution >= 4 is 17.5 Å². The summed E-state index contributed by atoms with van der Waals surface area (Å²) >= 11 is 0. The van der Waals surface area contributed by atoms with E-state index in [9.17, 15) is 9.59 Å². The van der Waals surface area contributed by atoms with Gasteiger partial charge in [-0.1, -0.05) is 36.4 Å². The lowest BCUT2D eigenvalue weighted by Crippen LogP contribution is -2.52. The van der Waals surface area contributed by atoms with E-state index in [1.54, 1.807) is 0 Å². The summed E-state index contributed by atoms with van der Waals surface area (Å²) in [4.78, 5) is 35.1. The molecule has 33 heavy (non-hydrogen) atoms. The van der Waals surface area contributed by atoms with Crippen LogP contribution in [0.3, 0.4) is 0 Å². The van der Waals surface area contributed by atoms with Gasteiger partial charge in [0.15, 0.2) is 0 Å². The third-order valence-corrected chi connectivity index (χ3v) is 7.86. The fourth-order valence-corrected chi connectivity index (χ4v) is 5.79. The van der Waals surface area contributed by atoms with Crippen molar-refractivity contribution in [3.63, 3.8) is 0 Å². The summed E-state index contributed by atoms with van der Waals surface area (Å²) in [5, 5.41) is 0. The van der Waals surface area contributed by atoms with Crippen LogP contribution in [-0.2, 0) is 15.0 Å². The lowest BCUT2D eigenvalue weighted by molar-refractivity contribution is -0.145. The van der Waals surface area contributed by atoms with Crippen LogP contribution in [0.25, 0.3) is 5.65 Å². The highest BCUT2D eigenvalue weighted by molar-refractivity contribution is 5.90. The number of imidazole rings is 1. The van der Waals surface area contributed by atoms with Crippen LogP contribution in [-0.4, -0.2) is 56.7 Å². The standard InChI is InChI=1S/C27H30N4O2/c32-25(20-11-12-20)31-16-6-9-22(31)26(33)29-17-13-27(14-18-29,21-7-2-1-3-8-21)23-19-30-15-5-4-10-24(30)28-23/h1-5,7-8,10,15,19-20,22H,6,9,11-14,16-18H2/t22-/m0/s1. The maximum atomic E-state index is 13.5. The maximum absolute atomic E-state index is 13.5. The topological polar surface area (TPSA) is 57.9 Å². The van der Waals surface area contributed by atoms with Crippen LogP contribution in [0.1, 0.15) is 49.8 Å². The summed E-state index contributed by atoms with van der Waals surface area (Å²) in [7, 11) is 0. The minimum atomic E-state index is -0.266. The molecule has 170 valence electrons. The fraction of sp³-hybridized carbons (Fsp3) is 0.444. The molecule has 1 atom stereocenters. The van der Waals surface area contributed by atoms with Gasteiger partial charge in [-0.2, -0.15) is 0 Å². The van der Waals surface area contributed by atoms with Gasteiger partial charge in [-0.05, 0) is 56.2 Å². The van der Waals surface area contributed by atoms with Crippen LogP contribution in [0.5, 0.6) is 0 Å². The summed E-state index contributed by atoms with van der Waals surface area (Å²) in [5.74, 6) is 0.505. The van der Waals surface area contributed by atoms with Gasteiger partial charge in [0, 0.05) is 43.4 Å². The zero-order chi connectivity index (χ0) is 22.4. The molecule has 0 spiro atoms. The number of amides is 2. The second-order valence-corrected chi connectivity index (χ2v) is 9.83. The summed E-state index contributed by atoms with van der Waals surface area (Å²) in [5.41, 5.74) is 3.05. The predicted octanol–water partition coefficient (Wildman–Crippen LogP) is 3.64. The number of likely N-dealkylation sites (tertiary alicyclic amines) is 2. The highest BCUT2D eigenvalue weighted by atomic mass is 16.2. The molecule has 1 aromatic carbocycles. The van der Waals surface area contributed by atoms with E-state index in [-0.39, 0.29) is 29.2 Å². The molecule has 6 heteroatoms. The van der Waals surface area contributed by atoms with Gasteiger partial charge in [-0.25, -0.2) is 4.98 Å². The Morgan fingerprint density at radius 1 is 0.879 bits per heavy atom. The normalized spacial score (nSPS) is 22.6. The van der Waals surface area contributed by atoms with Crippen molar-refractivity contribution in [2.75, 3.05) is 19.6 Å². The highest BCUT2D eigenvalue weighted by Gasteiger charge is 2.45. The number of hydrogen-bond donors (Lipinski definition) is 0. The Hall–Kier alpha value is -3.15. The fourth-order valence-electron chi connectivity index (χ4n) is 5.79. The average molecular weight is 443 g/mol. The molecule has 3 aromatic rings. The molecule has 1 saturated carbocycles. The molecule has 0 N–H and O–H groups in total. The molecule has 6 nitrogen and oxygen atoms in total. The number of piperidine rings is 1. The third kappa shape index (κ3) is 3.52. The molecule has 3 aliphatic rings. The molecule has 2 aromatic heterocycles. The Balaban J connectivity index is 1.26. The maximum Gasteiger partial charge on any atom is 0.245 e. The molecule has 1 aliphatic carbocycles. The Labute approximate surface area is 194 Å². The van der Waals surface area contributed by atoms with E-state index in [0.29, 0.717) is 13.1 Å². The van der Waals surface area contributed by atoms with Gasteiger partial charge in [-0.3, -0.25) is 9.59 Å². The Morgan fingerprint density at radius 2 is 1.64 bits per heavy atom. The Bertz CT molecular complexity index is 1140. The number of carbonyl (C=O) groups excluding carboxylic acids is 2. The van der Waals surface area contributed by atoms with Gasteiger partial charge in [-0.15, -0.1) is 0 Å². The summed E-state index contributed by atoms with van der Waals surface area (Å²) < 4.78 is 2.08. The lowest BCUT2D eigenvalue weighted by atomic mass is 9.70. The number of rotatable bonds is 4.